The summed E-state index contributed by atoms with van der Waals surface area (Å²) >= 11 is 0. The SMILES string of the molecule is CC1(C)c2ccccc2-c2c(N(c3ccc(-c4cccc5ccc6ccc7ccccc7c6c45)cc3)c3ccccc3-c3cccc4ccccc34)cccc21. The molecule has 0 N–H and O–H groups in total. The van der Waals surface area contributed by atoms with E-state index in [1.54, 1.807) is 0 Å². The summed E-state index contributed by atoms with van der Waals surface area (Å²) in [6, 6.07) is 74.0. The van der Waals surface area contributed by atoms with Gasteiger partial charge in [0.25, 0.3) is 0 Å². The van der Waals surface area contributed by atoms with Crippen molar-refractivity contribution in [3.05, 3.63) is 211 Å². The van der Waals surface area contributed by atoms with Gasteiger partial charge in [0.15, 0.2) is 0 Å². The molecule has 0 fully saturated rings. The molecule has 1 aliphatic carbocycles. The Labute approximate surface area is 327 Å². The van der Waals surface area contributed by atoms with Crippen LogP contribution >= 0.6 is 0 Å². The van der Waals surface area contributed by atoms with E-state index >= 15 is 0 Å². The minimum Gasteiger partial charge on any atom is -0.309 e. The van der Waals surface area contributed by atoms with Gasteiger partial charge >= 0.3 is 0 Å². The zero-order valence-corrected chi connectivity index (χ0v) is 31.5. The Balaban J connectivity index is 1.15. The van der Waals surface area contributed by atoms with Crippen molar-refractivity contribution in [2.24, 2.45) is 0 Å². The number of hydrogen-bond donors (Lipinski definition) is 0. The van der Waals surface area contributed by atoms with Gasteiger partial charge in [0.2, 0.25) is 0 Å². The maximum atomic E-state index is 2.50. The van der Waals surface area contributed by atoms with Crippen LogP contribution in [0.2, 0.25) is 0 Å². The summed E-state index contributed by atoms with van der Waals surface area (Å²) < 4.78 is 0. The predicted octanol–water partition coefficient (Wildman–Crippen LogP) is 15.4. The Morgan fingerprint density at radius 3 is 1.66 bits per heavy atom. The highest BCUT2D eigenvalue weighted by atomic mass is 15.1. The average Bonchev–Trinajstić information content (AvgIpc) is 3.50. The molecule has 0 spiro atoms. The van der Waals surface area contributed by atoms with Crippen molar-refractivity contribution in [3.8, 4) is 33.4 Å². The van der Waals surface area contributed by atoms with E-state index in [9.17, 15) is 0 Å². The van der Waals surface area contributed by atoms with Crippen LogP contribution in [0.5, 0.6) is 0 Å². The zero-order valence-electron chi connectivity index (χ0n) is 31.5. The number of rotatable bonds is 5. The third-order valence-electron chi connectivity index (χ3n) is 12.2. The Hall–Kier alpha value is -6.96. The topological polar surface area (TPSA) is 3.24 Å². The van der Waals surface area contributed by atoms with Crippen LogP contribution in [0.4, 0.5) is 17.1 Å². The van der Waals surface area contributed by atoms with Crippen molar-refractivity contribution in [1.82, 2.24) is 0 Å². The summed E-state index contributed by atoms with van der Waals surface area (Å²) in [5, 5.41) is 10.2. The molecule has 1 aliphatic rings. The second-order valence-electron chi connectivity index (χ2n) is 15.7. The second kappa shape index (κ2) is 12.5. The molecule has 0 aromatic heterocycles. The van der Waals surface area contributed by atoms with Gasteiger partial charge in [-0.05, 0) is 101 Å². The number of nitrogens with zero attached hydrogens (tertiary/aromatic N) is 1. The van der Waals surface area contributed by atoms with E-state index in [4.69, 9.17) is 0 Å². The Bertz CT molecular complexity index is 3160. The number of para-hydroxylation sites is 1. The van der Waals surface area contributed by atoms with Crippen molar-refractivity contribution < 1.29 is 0 Å². The lowest BCUT2D eigenvalue weighted by Crippen LogP contribution is -2.16. The van der Waals surface area contributed by atoms with Gasteiger partial charge in [0, 0.05) is 22.2 Å². The second-order valence-corrected chi connectivity index (χ2v) is 15.7. The minimum atomic E-state index is -0.117. The molecule has 0 heterocycles. The standard InChI is InChI=1S/C55H39N/c1-55(2)48-24-9-7-21-47(48)54-49(55)25-13-27-51(54)56(50-26-10-8-20-46(50)45-23-11-16-36-14-3-5-18-42(36)45)41-34-32-38(33-35-41)44-22-12-17-39-30-31-40-29-28-37-15-4-6-19-43(37)53(40)52(39)44/h3-35H,1-2H3. The maximum absolute atomic E-state index is 2.50. The van der Waals surface area contributed by atoms with Crippen molar-refractivity contribution in [3.63, 3.8) is 0 Å². The fourth-order valence-electron chi connectivity index (χ4n) is 9.59. The molecule has 0 amide bonds. The summed E-state index contributed by atoms with van der Waals surface area (Å²) in [4.78, 5) is 2.50. The third kappa shape index (κ3) is 4.87. The van der Waals surface area contributed by atoms with Crippen molar-refractivity contribution >= 4 is 60.2 Å². The van der Waals surface area contributed by atoms with Crippen molar-refractivity contribution in [2.75, 3.05) is 4.90 Å². The summed E-state index contributed by atoms with van der Waals surface area (Å²) in [5.74, 6) is 0. The van der Waals surface area contributed by atoms with E-state index < -0.39 is 0 Å². The minimum absolute atomic E-state index is 0.117. The molecule has 56 heavy (non-hydrogen) atoms. The molecule has 0 aliphatic heterocycles. The third-order valence-corrected chi connectivity index (χ3v) is 12.2. The molecular formula is C55H39N. The lowest BCUT2D eigenvalue weighted by atomic mass is 9.82. The lowest BCUT2D eigenvalue weighted by molar-refractivity contribution is 0.660. The first kappa shape index (κ1) is 32.5. The van der Waals surface area contributed by atoms with Crippen LogP contribution in [0.1, 0.15) is 25.0 Å². The smallest absolute Gasteiger partial charge is 0.0543 e. The van der Waals surface area contributed by atoms with E-state index in [-0.39, 0.29) is 5.41 Å². The van der Waals surface area contributed by atoms with E-state index in [1.165, 1.54) is 93.3 Å². The maximum Gasteiger partial charge on any atom is 0.0543 e. The first-order valence-corrected chi connectivity index (χ1v) is 19.6. The van der Waals surface area contributed by atoms with E-state index in [1.807, 2.05) is 0 Å². The number of anilines is 3. The normalized spacial score (nSPS) is 13.0. The van der Waals surface area contributed by atoms with Crippen LogP contribution in [0.3, 0.4) is 0 Å². The largest absolute Gasteiger partial charge is 0.309 e. The van der Waals surface area contributed by atoms with Gasteiger partial charge in [0.1, 0.15) is 0 Å². The van der Waals surface area contributed by atoms with Gasteiger partial charge in [-0.1, -0.05) is 190 Å². The Kier molecular flexibility index (Phi) is 7.28. The first-order chi connectivity index (χ1) is 27.6. The summed E-state index contributed by atoms with van der Waals surface area (Å²) in [7, 11) is 0. The van der Waals surface area contributed by atoms with Crippen LogP contribution in [0.15, 0.2) is 200 Å². The fraction of sp³-hybridized carbons (Fsp3) is 0.0545. The molecular weight excluding hydrogens is 675 g/mol. The van der Waals surface area contributed by atoms with E-state index in [0.29, 0.717) is 0 Å². The Morgan fingerprint density at radius 1 is 0.339 bits per heavy atom. The quantitative estimate of drug-likeness (QED) is 0.161. The van der Waals surface area contributed by atoms with Crippen LogP contribution < -0.4 is 4.90 Å². The molecule has 11 rings (SSSR count). The average molecular weight is 714 g/mol. The molecule has 10 aromatic rings. The summed E-state index contributed by atoms with van der Waals surface area (Å²) in [6.45, 7) is 4.73. The molecule has 1 nitrogen and oxygen atoms in total. The van der Waals surface area contributed by atoms with Gasteiger partial charge < -0.3 is 4.90 Å². The van der Waals surface area contributed by atoms with Crippen LogP contribution in [-0.4, -0.2) is 0 Å². The molecule has 0 bridgehead atoms. The van der Waals surface area contributed by atoms with Gasteiger partial charge in [-0.25, -0.2) is 0 Å². The van der Waals surface area contributed by atoms with Crippen LogP contribution in [0, 0.1) is 0 Å². The summed E-state index contributed by atoms with van der Waals surface area (Å²) in [6.07, 6.45) is 0. The van der Waals surface area contributed by atoms with Gasteiger partial charge in [-0.15, -0.1) is 0 Å². The fourth-order valence-corrected chi connectivity index (χ4v) is 9.59. The zero-order chi connectivity index (χ0) is 37.4. The highest BCUT2D eigenvalue weighted by Gasteiger charge is 2.38. The highest BCUT2D eigenvalue weighted by Crippen LogP contribution is 2.55. The summed E-state index contributed by atoms with van der Waals surface area (Å²) in [5.41, 5.74) is 13.5. The van der Waals surface area contributed by atoms with Gasteiger partial charge in [-0.2, -0.15) is 0 Å². The lowest BCUT2D eigenvalue weighted by Gasteiger charge is -2.31. The molecule has 0 radical (unpaired) electrons. The van der Waals surface area contributed by atoms with E-state index in [0.717, 1.165) is 11.4 Å². The predicted molar refractivity (Wildman–Crippen MR) is 240 cm³/mol. The first-order valence-electron chi connectivity index (χ1n) is 19.6. The monoisotopic (exact) mass is 713 g/mol. The number of benzene rings is 10. The van der Waals surface area contributed by atoms with E-state index in [2.05, 4.69) is 219 Å². The van der Waals surface area contributed by atoms with Crippen LogP contribution in [-0.2, 0) is 5.41 Å². The molecule has 0 saturated carbocycles. The number of hydrogen-bond acceptors (Lipinski definition) is 1. The molecule has 1 heteroatoms. The molecule has 0 saturated heterocycles. The highest BCUT2D eigenvalue weighted by molar-refractivity contribution is 6.24. The van der Waals surface area contributed by atoms with Gasteiger partial charge in [0.05, 0.1) is 11.4 Å². The Morgan fingerprint density at radius 2 is 0.857 bits per heavy atom. The molecule has 10 aromatic carbocycles. The molecule has 0 unspecified atom stereocenters. The molecule has 0 atom stereocenters. The van der Waals surface area contributed by atoms with Gasteiger partial charge in [-0.3, -0.25) is 0 Å². The number of fused-ring (bicyclic) bond motifs is 9. The van der Waals surface area contributed by atoms with Crippen LogP contribution in [0.25, 0.3) is 76.5 Å². The van der Waals surface area contributed by atoms with Crippen molar-refractivity contribution in [2.45, 2.75) is 19.3 Å². The van der Waals surface area contributed by atoms with Crippen molar-refractivity contribution in [1.29, 1.82) is 0 Å². The molecule has 264 valence electrons.